The van der Waals surface area contributed by atoms with Gasteiger partial charge in [0, 0.05) is 16.6 Å². The topological polar surface area (TPSA) is 49.4 Å². The molecule has 4 nitrogen and oxygen atoms in total. The van der Waals surface area contributed by atoms with Gasteiger partial charge < -0.3 is 10.2 Å². The van der Waals surface area contributed by atoms with Crippen molar-refractivity contribution in [3.63, 3.8) is 0 Å². The van der Waals surface area contributed by atoms with Gasteiger partial charge in [-0.1, -0.05) is 27.5 Å². The van der Waals surface area contributed by atoms with Gasteiger partial charge in [-0.25, -0.2) is 0 Å². The third-order valence-electron chi connectivity index (χ3n) is 3.94. The summed E-state index contributed by atoms with van der Waals surface area (Å²) < 4.78 is 0.851. The van der Waals surface area contributed by atoms with Gasteiger partial charge in [-0.3, -0.25) is 9.59 Å². The van der Waals surface area contributed by atoms with Crippen LogP contribution in [0.5, 0.6) is 0 Å². The Balaban J connectivity index is 1.78. The van der Waals surface area contributed by atoms with Gasteiger partial charge in [-0.2, -0.15) is 0 Å². The Hall–Kier alpha value is -0.720. The number of thioether (sulfide) groups is 1. The molecule has 0 unspecified atom stereocenters. The fourth-order valence-corrected chi connectivity index (χ4v) is 4.97. The number of anilines is 1. The van der Waals surface area contributed by atoms with Crippen LogP contribution in [0.4, 0.5) is 5.69 Å². The summed E-state index contributed by atoms with van der Waals surface area (Å²) in [7, 11) is 0. The quantitative estimate of drug-likeness (QED) is 0.842. The molecule has 0 saturated carbocycles. The number of fused-ring (bicyclic) bond motifs is 1. The second-order valence-electron chi connectivity index (χ2n) is 5.38. The number of nitrogens with one attached hydrogen (secondary N) is 1. The predicted octanol–water partition coefficient (Wildman–Crippen LogP) is 3.50. The van der Waals surface area contributed by atoms with Gasteiger partial charge >= 0.3 is 0 Å². The first-order valence-electron chi connectivity index (χ1n) is 6.63. The lowest BCUT2D eigenvalue weighted by Crippen LogP contribution is -2.48. The van der Waals surface area contributed by atoms with E-state index in [-0.39, 0.29) is 16.7 Å². The molecule has 112 valence electrons. The molecular weight excluding hydrogens is 376 g/mol. The van der Waals surface area contributed by atoms with E-state index in [4.69, 9.17) is 11.6 Å². The number of benzene rings is 1. The van der Waals surface area contributed by atoms with Crippen LogP contribution in [0.1, 0.15) is 19.8 Å². The molecule has 1 aromatic rings. The molecule has 0 aromatic heterocycles. The van der Waals surface area contributed by atoms with Gasteiger partial charge in [0.15, 0.2) is 0 Å². The number of amides is 2. The van der Waals surface area contributed by atoms with Crippen LogP contribution in [0, 0.1) is 0 Å². The summed E-state index contributed by atoms with van der Waals surface area (Å²) in [4.78, 5) is 26.0. The monoisotopic (exact) mass is 388 g/mol. The average Bonchev–Trinajstić information content (AvgIpc) is 2.90. The molecule has 2 aliphatic heterocycles. The maximum absolute atomic E-state index is 12.5. The Morgan fingerprint density at radius 2 is 2.33 bits per heavy atom. The zero-order valence-corrected chi connectivity index (χ0v) is 14.5. The van der Waals surface area contributed by atoms with Gasteiger partial charge in [-0.05, 0) is 31.5 Å². The summed E-state index contributed by atoms with van der Waals surface area (Å²) in [6.45, 7) is 2.03. The van der Waals surface area contributed by atoms with Crippen molar-refractivity contribution in [2.24, 2.45) is 0 Å². The number of halogens is 2. The van der Waals surface area contributed by atoms with Crippen molar-refractivity contribution in [2.75, 3.05) is 11.1 Å². The minimum Gasteiger partial charge on any atom is -0.323 e. The van der Waals surface area contributed by atoms with Gasteiger partial charge in [-0.15, -0.1) is 11.8 Å². The lowest BCUT2D eigenvalue weighted by molar-refractivity contribution is -0.135. The van der Waals surface area contributed by atoms with Crippen LogP contribution in [-0.2, 0) is 9.59 Å². The zero-order valence-electron chi connectivity index (χ0n) is 11.4. The molecule has 0 bridgehead atoms. The molecule has 2 fully saturated rings. The first-order valence-corrected chi connectivity index (χ1v) is 8.78. The van der Waals surface area contributed by atoms with Crippen LogP contribution < -0.4 is 5.32 Å². The number of carbonyl (C=O) groups is 2. The maximum atomic E-state index is 12.5. The van der Waals surface area contributed by atoms with Gasteiger partial charge in [0.05, 0.1) is 15.6 Å². The first-order chi connectivity index (χ1) is 9.90. The van der Waals surface area contributed by atoms with Crippen molar-refractivity contribution in [1.82, 2.24) is 4.90 Å². The van der Waals surface area contributed by atoms with E-state index in [9.17, 15) is 9.59 Å². The Kier molecular flexibility index (Phi) is 3.96. The lowest BCUT2D eigenvalue weighted by Gasteiger charge is -2.29. The van der Waals surface area contributed by atoms with E-state index in [1.54, 1.807) is 28.8 Å². The molecule has 2 atom stereocenters. The number of hydrogen-bond donors (Lipinski definition) is 1. The number of rotatable bonds is 2. The van der Waals surface area contributed by atoms with E-state index in [1.807, 2.05) is 13.0 Å². The van der Waals surface area contributed by atoms with Crippen LogP contribution in [0.2, 0.25) is 5.02 Å². The lowest BCUT2D eigenvalue weighted by atomic mass is 10.2. The van der Waals surface area contributed by atoms with Gasteiger partial charge in [0.25, 0.3) is 0 Å². The smallest absolute Gasteiger partial charge is 0.248 e. The fraction of sp³-hybridized carbons (Fsp3) is 0.429. The predicted molar refractivity (Wildman–Crippen MR) is 88.5 cm³/mol. The molecule has 2 heterocycles. The summed E-state index contributed by atoms with van der Waals surface area (Å²) in [5, 5.41) is 3.30. The normalized spacial score (nSPS) is 27.9. The van der Waals surface area contributed by atoms with Gasteiger partial charge in [0.2, 0.25) is 11.8 Å². The first kappa shape index (κ1) is 15.2. The molecule has 1 N–H and O–H groups in total. The van der Waals surface area contributed by atoms with Gasteiger partial charge in [0.1, 0.15) is 6.04 Å². The van der Waals surface area contributed by atoms with Crippen molar-refractivity contribution in [2.45, 2.75) is 30.7 Å². The summed E-state index contributed by atoms with van der Waals surface area (Å²) in [5.74, 6) is 0.512. The summed E-state index contributed by atoms with van der Waals surface area (Å²) in [5.41, 5.74) is 0.565. The summed E-state index contributed by atoms with van der Waals surface area (Å²) in [6.07, 6.45) is 1.33. The molecule has 3 rings (SSSR count). The molecule has 2 saturated heterocycles. The van der Waals surface area contributed by atoms with Crippen molar-refractivity contribution >= 4 is 56.8 Å². The highest BCUT2D eigenvalue weighted by atomic mass is 79.9. The zero-order chi connectivity index (χ0) is 15.2. The Morgan fingerprint density at radius 3 is 3.05 bits per heavy atom. The molecule has 2 amide bonds. The van der Waals surface area contributed by atoms with Crippen LogP contribution in [0.15, 0.2) is 22.7 Å². The van der Waals surface area contributed by atoms with E-state index in [2.05, 4.69) is 21.2 Å². The minimum absolute atomic E-state index is 0.0598. The molecule has 1 aromatic carbocycles. The van der Waals surface area contributed by atoms with E-state index >= 15 is 0 Å². The number of hydrogen-bond acceptors (Lipinski definition) is 3. The van der Waals surface area contributed by atoms with Crippen LogP contribution >= 0.6 is 39.3 Å². The average molecular weight is 390 g/mol. The molecule has 0 radical (unpaired) electrons. The van der Waals surface area contributed by atoms with E-state index in [0.29, 0.717) is 22.9 Å². The SMILES string of the molecule is C[C@]12CCC(=O)N1[C@H](C(=O)Nc1ccc(Br)cc1Cl)CS2. The third-order valence-corrected chi connectivity index (χ3v) is 6.25. The third kappa shape index (κ3) is 2.69. The Morgan fingerprint density at radius 1 is 1.57 bits per heavy atom. The van der Waals surface area contributed by atoms with Crippen molar-refractivity contribution in [3.8, 4) is 0 Å². The van der Waals surface area contributed by atoms with Crippen molar-refractivity contribution < 1.29 is 9.59 Å². The highest BCUT2D eigenvalue weighted by molar-refractivity contribution is 9.10. The largest absolute Gasteiger partial charge is 0.323 e. The number of nitrogens with zero attached hydrogens (tertiary/aromatic N) is 1. The molecule has 7 heteroatoms. The second-order valence-corrected chi connectivity index (χ2v) is 8.20. The molecular formula is C14H14BrClN2O2S. The fourth-order valence-electron chi connectivity index (χ4n) is 2.82. The highest BCUT2D eigenvalue weighted by Gasteiger charge is 2.52. The Bertz CT molecular complexity index is 627. The van der Waals surface area contributed by atoms with Crippen molar-refractivity contribution in [3.05, 3.63) is 27.7 Å². The van der Waals surface area contributed by atoms with E-state index in [0.717, 1.165) is 10.9 Å². The van der Waals surface area contributed by atoms with Crippen LogP contribution in [-0.4, -0.2) is 33.4 Å². The second kappa shape index (κ2) is 5.48. The molecule has 2 aliphatic rings. The summed E-state index contributed by atoms with van der Waals surface area (Å²) >= 11 is 11.1. The number of carbonyl (C=O) groups excluding carboxylic acids is 2. The molecule has 0 spiro atoms. The molecule has 0 aliphatic carbocycles. The Labute approximate surface area is 140 Å². The minimum atomic E-state index is -0.422. The molecule has 21 heavy (non-hydrogen) atoms. The van der Waals surface area contributed by atoms with E-state index < -0.39 is 6.04 Å². The van der Waals surface area contributed by atoms with Crippen molar-refractivity contribution in [1.29, 1.82) is 0 Å². The van der Waals surface area contributed by atoms with Crippen LogP contribution in [0.3, 0.4) is 0 Å². The van der Waals surface area contributed by atoms with E-state index in [1.165, 1.54) is 0 Å². The highest BCUT2D eigenvalue weighted by Crippen LogP contribution is 2.47. The van der Waals surface area contributed by atoms with Crippen LogP contribution in [0.25, 0.3) is 0 Å². The maximum Gasteiger partial charge on any atom is 0.248 e. The standard InChI is InChI=1S/C14H14BrClN2O2S/c1-14-5-4-12(19)18(14)11(7-21-14)13(20)17-10-3-2-8(15)6-9(10)16/h2-3,6,11H,4-5,7H2,1H3,(H,17,20)/t11-,14-/m0/s1. The summed E-state index contributed by atoms with van der Waals surface area (Å²) in [6, 6.07) is 4.87.